The van der Waals surface area contributed by atoms with E-state index in [0.29, 0.717) is 26.2 Å². The minimum atomic E-state index is -4.56. The first kappa shape index (κ1) is 26.3. The molecule has 0 bridgehead atoms. The van der Waals surface area contributed by atoms with Crippen molar-refractivity contribution in [3.63, 3.8) is 0 Å². The first-order valence-corrected chi connectivity index (χ1v) is 11.3. The van der Waals surface area contributed by atoms with Gasteiger partial charge in [-0.1, -0.05) is 6.07 Å². The zero-order valence-electron chi connectivity index (χ0n) is 19.3. The lowest BCUT2D eigenvalue weighted by molar-refractivity contribution is -0.145. The lowest BCUT2D eigenvalue weighted by Gasteiger charge is -2.38. The highest BCUT2D eigenvalue weighted by atomic mass is 19.4. The number of benzene rings is 1. The summed E-state index contributed by atoms with van der Waals surface area (Å²) in [5.74, 6) is -1.54. The molecule has 0 radical (unpaired) electrons. The number of alkyl halides is 3. The molecule has 3 rings (SSSR count). The van der Waals surface area contributed by atoms with Gasteiger partial charge in [0.15, 0.2) is 0 Å². The first-order chi connectivity index (χ1) is 16.6. The molecule has 10 nitrogen and oxygen atoms in total. The Morgan fingerprint density at radius 1 is 1.14 bits per heavy atom. The predicted molar refractivity (Wildman–Crippen MR) is 118 cm³/mol. The van der Waals surface area contributed by atoms with E-state index in [-0.39, 0.29) is 37.8 Å². The molecular formula is C22H28F3N5O5. The van der Waals surface area contributed by atoms with Gasteiger partial charge in [0.1, 0.15) is 6.04 Å². The van der Waals surface area contributed by atoms with Crippen LogP contribution in [-0.4, -0.2) is 97.0 Å². The van der Waals surface area contributed by atoms with E-state index in [1.54, 1.807) is 11.8 Å². The average Bonchev–Trinajstić information content (AvgIpc) is 2.80. The van der Waals surface area contributed by atoms with Crippen LogP contribution in [0.15, 0.2) is 24.3 Å². The number of halogens is 3. The van der Waals surface area contributed by atoms with Gasteiger partial charge in [0.2, 0.25) is 17.7 Å². The van der Waals surface area contributed by atoms with Crippen LogP contribution in [0.25, 0.3) is 0 Å². The van der Waals surface area contributed by atoms with Crippen molar-refractivity contribution in [2.24, 2.45) is 0 Å². The summed E-state index contributed by atoms with van der Waals surface area (Å²) >= 11 is 0. The van der Waals surface area contributed by atoms with E-state index in [1.807, 2.05) is 4.90 Å². The summed E-state index contributed by atoms with van der Waals surface area (Å²) in [6, 6.07) is 3.09. The molecule has 13 heteroatoms. The van der Waals surface area contributed by atoms with Gasteiger partial charge >= 0.3 is 12.3 Å². The van der Waals surface area contributed by atoms with Crippen LogP contribution >= 0.6 is 0 Å². The summed E-state index contributed by atoms with van der Waals surface area (Å²) in [7, 11) is 0. The van der Waals surface area contributed by atoms with Gasteiger partial charge in [-0.2, -0.15) is 13.2 Å². The predicted octanol–water partition coefficient (Wildman–Crippen LogP) is 1.14. The van der Waals surface area contributed by atoms with E-state index >= 15 is 0 Å². The van der Waals surface area contributed by atoms with E-state index in [9.17, 15) is 32.3 Å². The number of ether oxygens (including phenoxy) is 1. The van der Waals surface area contributed by atoms with Gasteiger partial charge in [-0.25, -0.2) is 4.79 Å². The second kappa shape index (κ2) is 11.4. The van der Waals surface area contributed by atoms with Crippen molar-refractivity contribution in [1.82, 2.24) is 20.0 Å². The molecule has 0 aromatic heterocycles. The number of hydrogen-bond donors (Lipinski definition) is 2. The fourth-order valence-corrected chi connectivity index (χ4v) is 3.96. The molecule has 4 amide bonds. The standard InChI is InChI=1S/C22H28F3N5O5/c1-2-35-21(34)29-10-8-28(9-11-29)14-19(32)30-7-6-26-20(33)17(30)13-18(31)27-16-5-3-4-15(12-16)22(23,24)25/h3-5,12,17H,2,6-11,13-14H2,1H3,(H,26,33)(H,27,31)/t17-/m0/s1. The minimum absolute atomic E-state index is 0.00962. The molecule has 0 unspecified atom stereocenters. The van der Waals surface area contributed by atoms with E-state index < -0.39 is 42.1 Å². The number of rotatable bonds is 6. The lowest BCUT2D eigenvalue weighted by atomic mass is 10.1. The second-order valence-corrected chi connectivity index (χ2v) is 8.19. The highest BCUT2D eigenvalue weighted by Gasteiger charge is 2.36. The Kier molecular flexibility index (Phi) is 8.54. The smallest absolute Gasteiger partial charge is 0.416 e. The molecule has 2 heterocycles. The average molecular weight is 499 g/mol. The Labute approximate surface area is 200 Å². The maximum Gasteiger partial charge on any atom is 0.416 e. The molecule has 0 aliphatic carbocycles. The summed E-state index contributed by atoms with van der Waals surface area (Å²) in [6.45, 7) is 4.13. The summed E-state index contributed by atoms with van der Waals surface area (Å²) in [6.07, 6.45) is -5.36. The molecule has 2 aliphatic heterocycles. The number of piperazine rings is 2. The van der Waals surface area contributed by atoms with Crippen LogP contribution in [0, 0.1) is 0 Å². The zero-order chi connectivity index (χ0) is 25.6. The number of nitrogens with one attached hydrogen (secondary N) is 2. The van der Waals surface area contributed by atoms with Gasteiger partial charge in [-0.3, -0.25) is 19.3 Å². The van der Waals surface area contributed by atoms with Crippen molar-refractivity contribution in [3.05, 3.63) is 29.8 Å². The SMILES string of the molecule is CCOC(=O)N1CCN(CC(=O)N2CCNC(=O)[C@@H]2CC(=O)Nc2cccc(C(F)(F)F)c2)CC1. The van der Waals surface area contributed by atoms with Gasteiger partial charge < -0.3 is 25.2 Å². The molecule has 0 saturated carbocycles. The van der Waals surface area contributed by atoms with Crippen LogP contribution < -0.4 is 10.6 Å². The molecule has 35 heavy (non-hydrogen) atoms. The second-order valence-electron chi connectivity index (χ2n) is 8.19. The largest absolute Gasteiger partial charge is 0.450 e. The van der Waals surface area contributed by atoms with Crippen molar-refractivity contribution >= 4 is 29.5 Å². The summed E-state index contributed by atoms with van der Waals surface area (Å²) in [4.78, 5) is 54.5. The van der Waals surface area contributed by atoms with Gasteiger partial charge in [-0.05, 0) is 25.1 Å². The Hall–Kier alpha value is -3.35. The highest BCUT2D eigenvalue weighted by Crippen LogP contribution is 2.30. The Morgan fingerprint density at radius 2 is 1.86 bits per heavy atom. The number of amides is 4. The van der Waals surface area contributed by atoms with Crippen LogP contribution in [0.3, 0.4) is 0 Å². The fourth-order valence-electron chi connectivity index (χ4n) is 3.96. The Balaban J connectivity index is 1.58. The van der Waals surface area contributed by atoms with Gasteiger partial charge in [-0.15, -0.1) is 0 Å². The summed E-state index contributed by atoms with van der Waals surface area (Å²) in [5, 5.41) is 4.99. The molecule has 1 atom stereocenters. The third-order valence-electron chi connectivity index (χ3n) is 5.76. The third kappa shape index (κ3) is 7.07. The van der Waals surface area contributed by atoms with Gasteiger partial charge in [0.25, 0.3) is 0 Å². The minimum Gasteiger partial charge on any atom is -0.450 e. The number of carbonyl (C=O) groups is 4. The van der Waals surface area contributed by atoms with E-state index in [4.69, 9.17) is 4.74 Å². The van der Waals surface area contributed by atoms with Crippen molar-refractivity contribution in [2.75, 3.05) is 57.7 Å². The van der Waals surface area contributed by atoms with Crippen LogP contribution in [0.1, 0.15) is 18.9 Å². The van der Waals surface area contributed by atoms with Crippen LogP contribution in [0.2, 0.25) is 0 Å². The quantitative estimate of drug-likeness (QED) is 0.607. The number of carbonyl (C=O) groups excluding carboxylic acids is 4. The molecule has 1 aromatic rings. The van der Waals surface area contributed by atoms with Gasteiger partial charge in [0, 0.05) is 45.0 Å². The molecule has 192 valence electrons. The van der Waals surface area contributed by atoms with Crippen molar-refractivity contribution < 1.29 is 37.1 Å². The molecule has 2 N–H and O–H groups in total. The van der Waals surface area contributed by atoms with Gasteiger partial charge in [0.05, 0.1) is 25.1 Å². The van der Waals surface area contributed by atoms with E-state index in [1.165, 1.54) is 17.0 Å². The van der Waals surface area contributed by atoms with Crippen molar-refractivity contribution in [3.8, 4) is 0 Å². The summed E-state index contributed by atoms with van der Waals surface area (Å²) in [5.41, 5.74) is -0.969. The van der Waals surface area contributed by atoms with Crippen LogP contribution in [0.5, 0.6) is 0 Å². The lowest BCUT2D eigenvalue weighted by Crippen LogP contribution is -2.60. The van der Waals surface area contributed by atoms with Crippen LogP contribution in [-0.2, 0) is 25.3 Å². The third-order valence-corrected chi connectivity index (χ3v) is 5.76. The number of hydrogen-bond acceptors (Lipinski definition) is 6. The fraction of sp³-hybridized carbons (Fsp3) is 0.545. The number of anilines is 1. The Bertz CT molecular complexity index is 950. The molecule has 1 aromatic carbocycles. The maximum absolute atomic E-state index is 13.0. The normalized spacial score (nSPS) is 19.2. The van der Waals surface area contributed by atoms with Crippen molar-refractivity contribution in [2.45, 2.75) is 25.6 Å². The molecule has 0 spiro atoms. The highest BCUT2D eigenvalue weighted by molar-refractivity contribution is 5.97. The zero-order valence-corrected chi connectivity index (χ0v) is 19.3. The summed E-state index contributed by atoms with van der Waals surface area (Å²) < 4.78 is 43.7. The van der Waals surface area contributed by atoms with E-state index in [0.717, 1.165) is 12.1 Å². The maximum atomic E-state index is 13.0. The first-order valence-electron chi connectivity index (χ1n) is 11.3. The monoisotopic (exact) mass is 499 g/mol. The van der Waals surface area contributed by atoms with E-state index in [2.05, 4.69) is 10.6 Å². The molecule has 2 saturated heterocycles. The topological polar surface area (TPSA) is 111 Å². The molecular weight excluding hydrogens is 471 g/mol. The Morgan fingerprint density at radius 3 is 2.51 bits per heavy atom. The molecule has 2 fully saturated rings. The van der Waals surface area contributed by atoms with Crippen molar-refractivity contribution in [1.29, 1.82) is 0 Å². The molecule has 2 aliphatic rings. The number of nitrogens with zero attached hydrogens (tertiary/aromatic N) is 3. The van der Waals surface area contributed by atoms with Crippen LogP contribution in [0.4, 0.5) is 23.7 Å².